The molecule has 3 N–H and O–H groups in total. The number of hydrogen-bond acceptors (Lipinski definition) is 2. The molecule has 2 rings (SSSR count). The maximum absolute atomic E-state index is 10.8. The molecule has 17 heavy (non-hydrogen) atoms. The summed E-state index contributed by atoms with van der Waals surface area (Å²) in [5, 5.41) is 9.41. The van der Waals surface area contributed by atoms with Gasteiger partial charge in [-0.2, -0.15) is 0 Å². The Balaban J connectivity index is 0.00000144. The monoisotopic (exact) mass is 255 g/mol. The Morgan fingerprint density at radius 3 is 2.65 bits per heavy atom. The first-order chi connectivity index (χ1) is 7.58. The van der Waals surface area contributed by atoms with Gasteiger partial charge in [0.15, 0.2) is 0 Å². The quantitative estimate of drug-likeness (QED) is 0.809. The Bertz CT molecular complexity index is 416. The fraction of sp³-hybridized carbons (Fsp3) is 0.462. The van der Waals surface area contributed by atoms with Crippen LogP contribution < -0.4 is 5.73 Å². The SMILES string of the molecule is C.Nc1cc([C@@H](CC(=O)O)C2CC2)ccc1Cl. The van der Waals surface area contributed by atoms with Crippen LogP contribution in [0.5, 0.6) is 0 Å². The molecule has 0 radical (unpaired) electrons. The second-order valence-corrected chi connectivity index (χ2v) is 4.73. The highest BCUT2D eigenvalue weighted by Gasteiger charge is 2.33. The zero-order chi connectivity index (χ0) is 11.7. The molecule has 0 aromatic heterocycles. The molecule has 1 fully saturated rings. The minimum absolute atomic E-state index is 0. The molecule has 1 aromatic carbocycles. The molecule has 94 valence electrons. The molecule has 0 spiro atoms. The van der Waals surface area contributed by atoms with E-state index in [1.54, 1.807) is 12.1 Å². The normalized spacial score (nSPS) is 16.1. The Kier molecular flexibility index (Phi) is 4.40. The summed E-state index contributed by atoms with van der Waals surface area (Å²) in [5.74, 6) is -0.181. The van der Waals surface area contributed by atoms with Crippen LogP contribution in [0.2, 0.25) is 5.02 Å². The highest BCUT2D eigenvalue weighted by molar-refractivity contribution is 6.33. The maximum Gasteiger partial charge on any atom is 0.303 e. The summed E-state index contributed by atoms with van der Waals surface area (Å²) in [6.45, 7) is 0. The minimum atomic E-state index is -0.759. The molecule has 0 saturated heterocycles. The van der Waals surface area contributed by atoms with E-state index in [0.29, 0.717) is 16.6 Å². The molecule has 0 bridgehead atoms. The summed E-state index contributed by atoms with van der Waals surface area (Å²) in [6, 6.07) is 5.42. The standard InChI is InChI=1S/C12H14ClNO2.CH4/c13-10-4-3-8(5-11(10)14)9(6-12(15)16)7-1-2-7;/h3-5,7,9H,1-2,6,14H2,(H,15,16);1H4/t9-;/m0./s1. The van der Waals surface area contributed by atoms with E-state index in [1.807, 2.05) is 6.07 Å². The van der Waals surface area contributed by atoms with Gasteiger partial charge in [0.05, 0.1) is 17.1 Å². The van der Waals surface area contributed by atoms with Gasteiger partial charge in [-0.15, -0.1) is 0 Å². The molecule has 1 saturated carbocycles. The van der Waals surface area contributed by atoms with Gasteiger partial charge in [0, 0.05) is 0 Å². The highest BCUT2D eigenvalue weighted by atomic mass is 35.5. The number of hydrogen-bond donors (Lipinski definition) is 2. The van der Waals surface area contributed by atoms with Crippen molar-refractivity contribution in [3.63, 3.8) is 0 Å². The minimum Gasteiger partial charge on any atom is -0.481 e. The Hall–Kier alpha value is -1.22. The van der Waals surface area contributed by atoms with E-state index in [2.05, 4.69) is 0 Å². The van der Waals surface area contributed by atoms with Crippen LogP contribution in [0.15, 0.2) is 18.2 Å². The molecule has 1 aromatic rings. The lowest BCUT2D eigenvalue weighted by molar-refractivity contribution is -0.137. The highest BCUT2D eigenvalue weighted by Crippen LogP contribution is 2.45. The van der Waals surface area contributed by atoms with Crippen molar-refractivity contribution in [3.05, 3.63) is 28.8 Å². The third-order valence-corrected chi connectivity index (χ3v) is 3.38. The molecular weight excluding hydrogens is 238 g/mol. The molecule has 0 heterocycles. The number of carboxylic acids is 1. The number of carbonyl (C=O) groups is 1. The maximum atomic E-state index is 10.8. The van der Waals surface area contributed by atoms with E-state index in [0.717, 1.165) is 18.4 Å². The molecule has 3 nitrogen and oxygen atoms in total. The van der Waals surface area contributed by atoms with Crippen molar-refractivity contribution in [1.82, 2.24) is 0 Å². The first kappa shape index (κ1) is 13.8. The summed E-state index contributed by atoms with van der Waals surface area (Å²) in [5.41, 5.74) is 7.25. The molecule has 0 unspecified atom stereocenters. The van der Waals surface area contributed by atoms with Gasteiger partial charge in [0.1, 0.15) is 0 Å². The van der Waals surface area contributed by atoms with E-state index in [1.165, 1.54) is 0 Å². The van der Waals surface area contributed by atoms with Gasteiger partial charge in [0.25, 0.3) is 0 Å². The van der Waals surface area contributed by atoms with Gasteiger partial charge in [-0.3, -0.25) is 4.79 Å². The lowest BCUT2D eigenvalue weighted by atomic mass is 9.91. The summed E-state index contributed by atoms with van der Waals surface area (Å²) in [4.78, 5) is 10.8. The number of nitrogen functional groups attached to an aromatic ring is 1. The summed E-state index contributed by atoms with van der Waals surface area (Å²) in [6.07, 6.45) is 2.40. The molecule has 4 heteroatoms. The molecular formula is C13H18ClNO2. The van der Waals surface area contributed by atoms with Crippen molar-refractivity contribution < 1.29 is 9.90 Å². The van der Waals surface area contributed by atoms with Gasteiger partial charge in [0.2, 0.25) is 0 Å². The van der Waals surface area contributed by atoms with Crippen LogP contribution in [-0.2, 0) is 4.79 Å². The number of aliphatic carboxylic acids is 1. The lowest BCUT2D eigenvalue weighted by Crippen LogP contribution is -2.08. The van der Waals surface area contributed by atoms with Crippen LogP contribution in [0.3, 0.4) is 0 Å². The fourth-order valence-corrected chi connectivity index (χ4v) is 2.15. The van der Waals surface area contributed by atoms with Crippen molar-refractivity contribution in [3.8, 4) is 0 Å². The summed E-state index contributed by atoms with van der Waals surface area (Å²) < 4.78 is 0. The van der Waals surface area contributed by atoms with Crippen LogP contribution in [0, 0.1) is 5.92 Å². The third kappa shape index (κ3) is 3.37. The first-order valence-corrected chi connectivity index (χ1v) is 5.72. The molecule has 1 aliphatic rings. The number of anilines is 1. The van der Waals surface area contributed by atoms with Gasteiger partial charge >= 0.3 is 5.97 Å². The molecule has 0 amide bonds. The van der Waals surface area contributed by atoms with E-state index >= 15 is 0 Å². The van der Waals surface area contributed by atoms with Crippen LogP contribution in [-0.4, -0.2) is 11.1 Å². The predicted molar refractivity (Wildman–Crippen MR) is 70.3 cm³/mol. The second-order valence-electron chi connectivity index (χ2n) is 4.32. The van der Waals surface area contributed by atoms with Crippen LogP contribution in [0.4, 0.5) is 5.69 Å². The van der Waals surface area contributed by atoms with Crippen molar-refractivity contribution >= 4 is 23.3 Å². The number of rotatable bonds is 4. The van der Waals surface area contributed by atoms with E-state index in [4.69, 9.17) is 22.4 Å². The van der Waals surface area contributed by atoms with Gasteiger partial charge in [-0.05, 0) is 42.4 Å². The first-order valence-electron chi connectivity index (χ1n) is 5.34. The fourth-order valence-electron chi connectivity index (χ4n) is 2.04. The van der Waals surface area contributed by atoms with Crippen molar-refractivity contribution in [2.45, 2.75) is 32.6 Å². The Labute approximate surface area is 107 Å². The van der Waals surface area contributed by atoms with Gasteiger partial charge in [-0.25, -0.2) is 0 Å². The average Bonchev–Trinajstić information content (AvgIpc) is 3.02. The number of carboxylic acid groups (broad SMARTS) is 1. The predicted octanol–water partition coefficient (Wildman–Crippen LogP) is 3.53. The van der Waals surface area contributed by atoms with E-state index in [9.17, 15) is 4.79 Å². The van der Waals surface area contributed by atoms with Crippen LogP contribution in [0.1, 0.15) is 38.2 Å². The summed E-state index contributed by atoms with van der Waals surface area (Å²) >= 11 is 5.84. The zero-order valence-corrected chi connectivity index (χ0v) is 9.57. The number of benzene rings is 1. The topological polar surface area (TPSA) is 63.3 Å². The molecule has 0 aliphatic heterocycles. The molecule has 1 atom stereocenters. The van der Waals surface area contributed by atoms with E-state index in [-0.39, 0.29) is 19.8 Å². The lowest BCUT2D eigenvalue weighted by Gasteiger charge is -2.15. The Morgan fingerprint density at radius 2 is 2.18 bits per heavy atom. The molecule has 1 aliphatic carbocycles. The summed E-state index contributed by atoms with van der Waals surface area (Å²) in [7, 11) is 0. The van der Waals surface area contributed by atoms with Crippen molar-refractivity contribution in [1.29, 1.82) is 0 Å². The van der Waals surface area contributed by atoms with Gasteiger partial charge in [-0.1, -0.05) is 25.1 Å². The van der Waals surface area contributed by atoms with E-state index < -0.39 is 5.97 Å². The van der Waals surface area contributed by atoms with Crippen molar-refractivity contribution in [2.75, 3.05) is 5.73 Å². The smallest absolute Gasteiger partial charge is 0.303 e. The van der Waals surface area contributed by atoms with Crippen LogP contribution >= 0.6 is 11.6 Å². The Morgan fingerprint density at radius 1 is 1.53 bits per heavy atom. The number of halogens is 1. The number of nitrogens with two attached hydrogens (primary N) is 1. The second kappa shape index (κ2) is 5.41. The van der Waals surface area contributed by atoms with Crippen LogP contribution in [0.25, 0.3) is 0 Å². The third-order valence-electron chi connectivity index (χ3n) is 3.03. The average molecular weight is 256 g/mol. The van der Waals surface area contributed by atoms with Crippen molar-refractivity contribution in [2.24, 2.45) is 5.92 Å². The van der Waals surface area contributed by atoms with Gasteiger partial charge < -0.3 is 10.8 Å². The zero-order valence-electron chi connectivity index (χ0n) is 8.82. The largest absolute Gasteiger partial charge is 0.481 e.